The molecular formula is C13H16BrNO2. The number of carboxylic acid groups (broad SMARTS) is 1. The van der Waals surface area contributed by atoms with Crippen molar-refractivity contribution >= 4 is 21.9 Å². The Morgan fingerprint density at radius 1 is 1.53 bits per heavy atom. The van der Waals surface area contributed by atoms with Crippen LogP contribution in [0.15, 0.2) is 28.7 Å². The molecule has 1 aromatic carbocycles. The van der Waals surface area contributed by atoms with E-state index in [1.165, 1.54) is 5.56 Å². The van der Waals surface area contributed by atoms with Gasteiger partial charge in [0.2, 0.25) is 0 Å². The third-order valence-electron chi connectivity index (χ3n) is 3.30. The third kappa shape index (κ3) is 3.07. The van der Waals surface area contributed by atoms with Crippen molar-refractivity contribution in [3.05, 3.63) is 34.3 Å². The first kappa shape index (κ1) is 12.6. The summed E-state index contributed by atoms with van der Waals surface area (Å²) in [7, 11) is 0. The van der Waals surface area contributed by atoms with E-state index < -0.39 is 5.97 Å². The second kappa shape index (κ2) is 5.19. The van der Waals surface area contributed by atoms with Gasteiger partial charge in [0.05, 0.1) is 5.92 Å². The molecule has 1 N–H and O–H groups in total. The smallest absolute Gasteiger partial charge is 0.308 e. The van der Waals surface area contributed by atoms with Crippen LogP contribution in [0.4, 0.5) is 0 Å². The molecule has 1 aliphatic rings. The Bertz CT molecular complexity index is 422. The fourth-order valence-corrected chi connectivity index (χ4v) is 2.86. The van der Waals surface area contributed by atoms with Gasteiger partial charge in [-0.25, -0.2) is 0 Å². The minimum atomic E-state index is -0.672. The number of hydrogen-bond donors (Lipinski definition) is 1. The highest BCUT2D eigenvalue weighted by atomic mass is 79.9. The maximum atomic E-state index is 11.0. The van der Waals surface area contributed by atoms with Crippen LogP contribution in [0.25, 0.3) is 0 Å². The van der Waals surface area contributed by atoms with Gasteiger partial charge in [0, 0.05) is 24.1 Å². The molecule has 2 atom stereocenters. The third-order valence-corrected chi connectivity index (χ3v) is 3.79. The van der Waals surface area contributed by atoms with Gasteiger partial charge in [0.25, 0.3) is 0 Å². The van der Waals surface area contributed by atoms with E-state index in [-0.39, 0.29) is 11.8 Å². The van der Waals surface area contributed by atoms with Crippen molar-refractivity contribution < 1.29 is 9.90 Å². The molecule has 1 saturated heterocycles. The molecule has 1 aromatic rings. The van der Waals surface area contributed by atoms with Gasteiger partial charge < -0.3 is 5.11 Å². The largest absolute Gasteiger partial charge is 0.481 e. The van der Waals surface area contributed by atoms with Crippen LogP contribution in [0.1, 0.15) is 12.5 Å². The molecule has 1 heterocycles. The lowest BCUT2D eigenvalue weighted by atomic mass is 9.99. The summed E-state index contributed by atoms with van der Waals surface area (Å²) in [4.78, 5) is 13.2. The lowest BCUT2D eigenvalue weighted by Crippen LogP contribution is -2.23. The second-order valence-electron chi connectivity index (χ2n) is 4.75. The number of halogens is 1. The normalized spacial score (nSPS) is 25.1. The summed E-state index contributed by atoms with van der Waals surface area (Å²) in [5.41, 5.74) is 1.22. The minimum Gasteiger partial charge on any atom is -0.481 e. The van der Waals surface area contributed by atoms with Gasteiger partial charge in [-0.15, -0.1) is 0 Å². The molecule has 0 amide bonds. The topological polar surface area (TPSA) is 40.5 Å². The lowest BCUT2D eigenvalue weighted by molar-refractivity contribution is -0.142. The molecule has 0 saturated carbocycles. The Morgan fingerprint density at radius 2 is 2.29 bits per heavy atom. The molecule has 4 heteroatoms. The van der Waals surface area contributed by atoms with Crippen molar-refractivity contribution in [3.63, 3.8) is 0 Å². The zero-order chi connectivity index (χ0) is 12.4. The molecule has 1 fully saturated rings. The summed E-state index contributed by atoms with van der Waals surface area (Å²) in [5, 5.41) is 9.08. The average molecular weight is 298 g/mol. The van der Waals surface area contributed by atoms with Crippen LogP contribution in [0.2, 0.25) is 0 Å². The predicted molar refractivity (Wildman–Crippen MR) is 69.7 cm³/mol. The van der Waals surface area contributed by atoms with Crippen molar-refractivity contribution in [3.8, 4) is 0 Å². The molecule has 0 unspecified atom stereocenters. The summed E-state index contributed by atoms with van der Waals surface area (Å²) in [6.45, 7) is 4.36. The summed E-state index contributed by atoms with van der Waals surface area (Å²) in [6, 6.07) is 8.16. The standard InChI is InChI=1S/C13H16BrNO2/c1-9-6-15(8-12(9)13(16)17)7-10-3-2-4-11(14)5-10/h2-5,9,12H,6-8H2,1H3,(H,16,17)/t9-,12-/m1/s1. The van der Waals surface area contributed by atoms with E-state index in [4.69, 9.17) is 5.11 Å². The van der Waals surface area contributed by atoms with E-state index in [9.17, 15) is 4.79 Å². The highest BCUT2D eigenvalue weighted by Crippen LogP contribution is 2.25. The van der Waals surface area contributed by atoms with E-state index in [1.807, 2.05) is 19.1 Å². The van der Waals surface area contributed by atoms with E-state index in [1.54, 1.807) is 0 Å². The molecule has 2 rings (SSSR count). The molecule has 1 aliphatic heterocycles. The Hall–Kier alpha value is -0.870. The molecule has 3 nitrogen and oxygen atoms in total. The number of nitrogens with zero attached hydrogens (tertiary/aromatic N) is 1. The van der Waals surface area contributed by atoms with Crippen LogP contribution in [-0.4, -0.2) is 29.1 Å². The SMILES string of the molecule is C[C@@H]1CN(Cc2cccc(Br)c2)C[C@H]1C(=O)O. The van der Waals surface area contributed by atoms with E-state index >= 15 is 0 Å². The van der Waals surface area contributed by atoms with Gasteiger partial charge in [-0.2, -0.15) is 0 Å². The molecule has 0 spiro atoms. The Morgan fingerprint density at radius 3 is 2.88 bits per heavy atom. The Labute approximate surface area is 110 Å². The van der Waals surface area contributed by atoms with Gasteiger partial charge in [-0.1, -0.05) is 35.0 Å². The molecule has 17 heavy (non-hydrogen) atoms. The zero-order valence-corrected chi connectivity index (χ0v) is 11.4. The van der Waals surface area contributed by atoms with Gasteiger partial charge in [0.15, 0.2) is 0 Å². The molecule has 0 aromatic heterocycles. The number of carboxylic acids is 1. The fraction of sp³-hybridized carbons (Fsp3) is 0.462. The monoisotopic (exact) mass is 297 g/mol. The van der Waals surface area contributed by atoms with Gasteiger partial charge >= 0.3 is 5.97 Å². The van der Waals surface area contributed by atoms with Crippen LogP contribution >= 0.6 is 15.9 Å². The van der Waals surface area contributed by atoms with Crippen LogP contribution in [0, 0.1) is 11.8 Å². The van der Waals surface area contributed by atoms with Crippen molar-refractivity contribution in [2.75, 3.05) is 13.1 Å². The Kier molecular flexibility index (Phi) is 3.84. The van der Waals surface area contributed by atoms with Crippen molar-refractivity contribution in [1.29, 1.82) is 0 Å². The molecular weight excluding hydrogens is 282 g/mol. The van der Waals surface area contributed by atoms with Crippen LogP contribution < -0.4 is 0 Å². The highest BCUT2D eigenvalue weighted by molar-refractivity contribution is 9.10. The minimum absolute atomic E-state index is 0.220. The van der Waals surface area contributed by atoms with Crippen molar-refractivity contribution in [2.24, 2.45) is 11.8 Å². The van der Waals surface area contributed by atoms with Gasteiger partial charge in [0.1, 0.15) is 0 Å². The Balaban J connectivity index is 2.00. The van der Waals surface area contributed by atoms with E-state index in [0.717, 1.165) is 17.6 Å². The first-order chi connectivity index (χ1) is 8.06. The van der Waals surface area contributed by atoms with Crippen LogP contribution in [0.5, 0.6) is 0 Å². The first-order valence-electron chi connectivity index (χ1n) is 5.76. The van der Waals surface area contributed by atoms with Crippen molar-refractivity contribution in [1.82, 2.24) is 4.90 Å². The maximum Gasteiger partial charge on any atom is 0.308 e. The summed E-state index contributed by atoms with van der Waals surface area (Å²) in [6.07, 6.45) is 0. The van der Waals surface area contributed by atoms with Crippen LogP contribution in [-0.2, 0) is 11.3 Å². The number of rotatable bonds is 3. The van der Waals surface area contributed by atoms with Gasteiger partial charge in [-0.3, -0.25) is 9.69 Å². The number of carbonyl (C=O) groups is 1. The second-order valence-corrected chi connectivity index (χ2v) is 5.66. The highest BCUT2D eigenvalue weighted by Gasteiger charge is 2.34. The zero-order valence-electron chi connectivity index (χ0n) is 9.77. The van der Waals surface area contributed by atoms with E-state index in [2.05, 4.69) is 33.0 Å². The molecule has 0 radical (unpaired) electrons. The summed E-state index contributed by atoms with van der Waals surface area (Å²) < 4.78 is 1.07. The molecule has 0 bridgehead atoms. The van der Waals surface area contributed by atoms with E-state index in [0.29, 0.717) is 6.54 Å². The molecule has 92 valence electrons. The lowest BCUT2D eigenvalue weighted by Gasteiger charge is -2.15. The fourth-order valence-electron chi connectivity index (χ4n) is 2.41. The van der Waals surface area contributed by atoms with Crippen molar-refractivity contribution in [2.45, 2.75) is 13.5 Å². The number of hydrogen-bond acceptors (Lipinski definition) is 2. The maximum absolute atomic E-state index is 11.0. The molecule has 0 aliphatic carbocycles. The number of benzene rings is 1. The summed E-state index contributed by atoms with van der Waals surface area (Å²) in [5.74, 6) is -0.656. The summed E-state index contributed by atoms with van der Waals surface area (Å²) >= 11 is 3.45. The quantitative estimate of drug-likeness (QED) is 0.932. The number of likely N-dealkylation sites (tertiary alicyclic amines) is 1. The first-order valence-corrected chi connectivity index (χ1v) is 6.55. The number of aliphatic carboxylic acids is 1. The predicted octanol–water partition coefficient (Wildman–Crippen LogP) is 2.60. The van der Waals surface area contributed by atoms with Gasteiger partial charge in [-0.05, 0) is 23.6 Å². The van der Waals surface area contributed by atoms with Crippen LogP contribution in [0.3, 0.4) is 0 Å². The average Bonchev–Trinajstić information content (AvgIpc) is 2.59.